The molecule has 1 aliphatic rings. The quantitative estimate of drug-likeness (QED) is 0.307. The number of hydrogen-bond acceptors (Lipinski definition) is 6. The molecular weight excluding hydrogens is 552 g/mol. The van der Waals surface area contributed by atoms with Crippen LogP contribution in [0.3, 0.4) is 0 Å². The number of carbonyl (C=O) groups excluding carboxylic acids is 2. The average molecular weight is 601 g/mol. The lowest BCUT2D eigenvalue weighted by atomic mass is 10.0. The van der Waals surface area contributed by atoms with E-state index in [2.05, 4.69) is 65.5 Å². The molecule has 0 unspecified atom stereocenters. The molecule has 2 N–H and O–H groups in total. The molecule has 3 atom stereocenters. The second-order valence-corrected chi connectivity index (χ2v) is 12.4. The Balaban J connectivity index is 1.50. The molecule has 3 aromatic carbocycles. The second-order valence-electron chi connectivity index (χ2n) is 12.4. The summed E-state index contributed by atoms with van der Waals surface area (Å²) in [6.45, 7) is 6.59. The summed E-state index contributed by atoms with van der Waals surface area (Å²) in [7, 11) is 6.06. The highest BCUT2D eigenvalue weighted by molar-refractivity contribution is 5.91. The van der Waals surface area contributed by atoms with Crippen molar-refractivity contribution < 1.29 is 19.4 Å². The van der Waals surface area contributed by atoms with Crippen LogP contribution in [0.1, 0.15) is 37.8 Å². The van der Waals surface area contributed by atoms with Crippen molar-refractivity contribution in [2.75, 3.05) is 52.7 Å². The molecule has 0 spiro atoms. The third kappa shape index (κ3) is 9.39. The predicted octanol–water partition coefficient (Wildman–Crippen LogP) is 4.91. The Kier molecular flexibility index (Phi) is 11.9. The van der Waals surface area contributed by atoms with Gasteiger partial charge in [-0.2, -0.15) is 0 Å². The van der Waals surface area contributed by atoms with E-state index in [1.54, 1.807) is 4.90 Å². The Morgan fingerprint density at radius 2 is 1.75 bits per heavy atom. The molecule has 0 bridgehead atoms. The molecule has 0 saturated carbocycles. The van der Waals surface area contributed by atoms with Crippen LogP contribution >= 0.6 is 0 Å². The van der Waals surface area contributed by atoms with Crippen LogP contribution in [0.15, 0.2) is 72.8 Å². The standard InChI is InChI=1S/C36H48N4O4/c1-26-22-40(27(2)25-41)36(43)21-31-20-32(37-35(42)12-9-19-38(3)4)17-18-33(31)44-34(26)24-39(5)23-28-13-15-30(16-14-28)29-10-7-6-8-11-29/h6-8,10-11,13-18,20,26-27,34,41H,9,12,19,21-25H2,1-5H3,(H,37,42)/t26-,27+,34-/m1/s1. The molecule has 8 heteroatoms. The number of aliphatic hydroxyl groups is 1. The van der Waals surface area contributed by atoms with Crippen molar-refractivity contribution in [1.29, 1.82) is 0 Å². The fourth-order valence-corrected chi connectivity index (χ4v) is 5.62. The maximum Gasteiger partial charge on any atom is 0.227 e. The lowest BCUT2D eigenvalue weighted by Crippen LogP contribution is -2.47. The third-order valence-corrected chi connectivity index (χ3v) is 8.21. The number of ether oxygens (including phenoxy) is 1. The number of fused-ring (bicyclic) bond motifs is 1. The minimum atomic E-state index is -0.312. The van der Waals surface area contributed by atoms with E-state index in [4.69, 9.17) is 4.74 Å². The molecule has 0 saturated heterocycles. The highest BCUT2D eigenvalue weighted by Crippen LogP contribution is 2.29. The van der Waals surface area contributed by atoms with Crippen LogP contribution in [-0.2, 0) is 22.6 Å². The van der Waals surface area contributed by atoms with E-state index >= 15 is 0 Å². The first-order valence-electron chi connectivity index (χ1n) is 15.6. The maximum atomic E-state index is 13.5. The second kappa shape index (κ2) is 15.8. The lowest BCUT2D eigenvalue weighted by molar-refractivity contribution is -0.134. The van der Waals surface area contributed by atoms with Gasteiger partial charge in [0.05, 0.1) is 19.1 Å². The van der Waals surface area contributed by atoms with Gasteiger partial charge < -0.3 is 25.0 Å². The fourth-order valence-electron chi connectivity index (χ4n) is 5.62. The third-order valence-electron chi connectivity index (χ3n) is 8.21. The number of rotatable bonds is 12. The zero-order chi connectivity index (χ0) is 31.6. The Morgan fingerprint density at radius 3 is 2.43 bits per heavy atom. The van der Waals surface area contributed by atoms with Gasteiger partial charge in [-0.1, -0.05) is 61.5 Å². The van der Waals surface area contributed by atoms with Crippen LogP contribution < -0.4 is 10.1 Å². The fraction of sp³-hybridized carbons (Fsp3) is 0.444. The predicted molar refractivity (Wildman–Crippen MR) is 177 cm³/mol. The van der Waals surface area contributed by atoms with Gasteiger partial charge in [0.1, 0.15) is 11.9 Å². The molecule has 0 aromatic heterocycles. The zero-order valence-electron chi connectivity index (χ0n) is 26.8. The first kappa shape index (κ1) is 33.2. The van der Waals surface area contributed by atoms with E-state index in [1.165, 1.54) is 16.7 Å². The van der Waals surface area contributed by atoms with Crippen LogP contribution in [0.5, 0.6) is 5.75 Å². The number of carbonyl (C=O) groups is 2. The summed E-state index contributed by atoms with van der Waals surface area (Å²) in [5.74, 6) is 0.547. The summed E-state index contributed by atoms with van der Waals surface area (Å²) in [6, 6.07) is 24.3. The normalized spacial score (nSPS) is 17.8. The van der Waals surface area contributed by atoms with Crippen LogP contribution in [0, 0.1) is 5.92 Å². The average Bonchev–Trinajstić information content (AvgIpc) is 3.04. The number of likely N-dealkylation sites (N-methyl/N-ethyl adjacent to an activating group) is 1. The van der Waals surface area contributed by atoms with Crippen molar-refractivity contribution in [1.82, 2.24) is 14.7 Å². The van der Waals surface area contributed by atoms with Crippen molar-refractivity contribution in [2.45, 2.75) is 51.8 Å². The molecule has 44 heavy (non-hydrogen) atoms. The van der Waals surface area contributed by atoms with E-state index < -0.39 is 0 Å². The van der Waals surface area contributed by atoms with Gasteiger partial charge in [0.2, 0.25) is 11.8 Å². The number of amides is 2. The summed E-state index contributed by atoms with van der Waals surface area (Å²) < 4.78 is 6.67. The largest absolute Gasteiger partial charge is 0.488 e. The number of hydrogen-bond donors (Lipinski definition) is 2. The summed E-state index contributed by atoms with van der Waals surface area (Å²) in [6.07, 6.45) is 1.12. The lowest BCUT2D eigenvalue weighted by Gasteiger charge is -2.34. The molecule has 1 aliphatic heterocycles. The molecule has 236 valence electrons. The van der Waals surface area contributed by atoms with E-state index in [0.29, 0.717) is 30.9 Å². The van der Waals surface area contributed by atoms with E-state index in [1.807, 2.05) is 57.4 Å². The highest BCUT2D eigenvalue weighted by Gasteiger charge is 2.31. The first-order valence-corrected chi connectivity index (χ1v) is 15.6. The molecule has 8 nitrogen and oxygen atoms in total. The Labute approximate surface area is 262 Å². The number of nitrogens with zero attached hydrogens (tertiary/aromatic N) is 3. The van der Waals surface area contributed by atoms with Gasteiger partial charge in [-0.05, 0) is 75.9 Å². The molecule has 4 rings (SSSR count). The number of benzene rings is 3. The van der Waals surface area contributed by atoms with E-state index in [-0.39, 0.29) is 42.9 Å². The maximum absolute atomic E-state index is 13.5. The molecule has 3 aromatic rings. The topological polar surface area (TPSA) is 85.3 Å². The van der Waals surface area contributed by atoms with Gasteiger partial charge in [-0.25, -0.2) is 0 Å². The van der Waals surface area contributed by atoms with Gasteiger partial charge in [0, 0.05) is 43.2 Å². The van der Waals surface area contributed by atoms with E-state index in [0.717, 1.165) is 25.1 Å². The number of anilines is 1. The van der Waals surface area contributed by atoms with Gasteiger partial charge in [0.25, 0.3) is 0 Å². The summed E-state index contributed by atoms with van der Waals surface area (Å²) in [5.41, 5.74) is 4.97. The van der Waals surface area contributed by atoms with Crippen molar-refractivity contribution in [3.8, 4) is 16.9 Å². The van der Waals surface area contributed by atoms with Crippen LogP contribution in [0.2, 0.25) is 0 Å². The number of nitrogens with one attached hydrogen (secondary N) is 1. The number of aliphatic hydroxyl groups excluding tert-OH is 1. The van der Waals surface area contributed by atoms with Crippen molar-refractivity contribution in [3.63, 3.8) is 0 Å². The van der Waals surface area contributed by atoms with Crippen LogP contribution in [-0.4, -0.2) is 91.2 Å². The van der Waals surface area contributed by atoms with Crippen molar-refractivity contribution in [2.24, 2.45) is 5.92 Å². The van der Waals surface area contributed by atoms with Crippen LogP contribution in [0.4, 0.5) is 5.69 Å². The minimum absolute atomic E-state index is 0.0119. The SMILES string of the molecule is C[C@@H]1CN([C@@H](C)CO)C(=O)Cc2cc(NC(=O)CCCN(C)C)ccc2O[C@@H]1CN(C)Cc1ccc(-c2ccccc2)cc1. The van der Waals surface area contributed by atoms with Gasteiger partial charge in [-0.15, -0.1) is 0 Å². The molecule has 0 aliphatic carbocycles. The summed E-state index contributed by atoms with van der Waals surface area (Å²) in [5, 5.41) is 12.9. The van der Waals surface area contributed by atoms with Crippen molar-refractivity contribution in [3.05, 3.63) is 83.9 Å². The molecule has 2 amide bonds. The van der Waals surface area contributed by atoms with E-state index in [9.17, 15) is 14.7 Å². The Bertz CT molecular complexity index is 1360. The molecule has 0 radical (unpaired) electrons. The van der Waals surface area contributed by atoms with Gasteiger partial charge in [-0.3, -0.25) is 14.5 Å². The Morgan fingerprint density at radius 1 is 1.05 bits per heavy atom. The van der Waals surface area contributed by atoms with Crippen LogP contribution in [0.25, 0.3) is 11.1 Å². The smallest absolute Gasteiger partial charge is 0.227 e. The first-order chi connectivity index (χ1) is 21.1. The summed E-state index contributed by atoms with van der Waals surface area (Å²) in [4.78, 5) is 32.2. The van der Waals surface area contributed by atoms with Crippen molar-refractivity contribution >= 4 is 17.5 Å². The molecule has 0 fully saturated rings. The molecular formula is C36H48N4O4. The Hall–Kier alpha value is -3.72. The molecule has 1 heterocycles. The highest BCUT2D eigenvalue weighted by atomic mass is 16.5. The summed E-state index contributed by atoms with van der Waals surface area (Å²) >= 11 is 0. The zero-order valence-corrected chi connectivity index (χ0v) is 26.8. The minimum Gasteiger partial charge on any atom is -0.488 e. The van der Waals surface area contributed by atoms with Gasteiger partial charge >= 0.3 is 0 Å². The van der Waals surface area contributed by atoms with Gasteiger partial charge in [0.15, 0.2) is 0 Å². The monoisotopic (exact) mass is 600 g/mol.